The first-order valence-corrected chi connectivity index (χ1v) is 8.95. The Morgan fingerprint density at radius 3 is 2.37 bits per heavy atom. The molecule has 1 atom stereocenters. The van der Waals surface area contributed by atoms with E-state index in [1.165, 1.54) is 12.1 Å². The van der Waals surface area contributed by atoms with Gasteiger partial charge in [-0.2, -0.15) is 0 Å². The van der Waals surface area contributed by atoms with Crippen LogP contribution in [0.3, 0.4) is 0 Å². The van der Waals surface area contributed by atoms with Gasteiger partial charge in [0.05, 0.1) is 12.2 Å². The summed E-state index contributed by atoms with van der Waals surface area (Å²) in [6, 6.07) is 12.4. The van der Waals surface area contributed by atoms with Crippen LogP contribution in [0.2, 0.25) is 0 Å². The second-order valence-electron chi connectivity index (χ2n) is 6.12. The number of amides is 1. The van der Waals surface area contributed by atoms with Gasteiger partial charge < -0.3 is 14.8 Å². The van der Waals surface area contributed by atoms with E-state index in [0.29, 0.717) is 17.9 Å². The summed E-state index contributed by atoms with van der Waals surface area (Å²) in [5.74, 6) is -0.508. The standard InChI is InChI=1S/C21H24FNO4/c1-3-4-13-26-21(25)17-7-11-19(12-8-17)27-15(2)20(24)23-14-16-5-9-18(22)10-6-16/h5-12,15H,3-4,13-14H2,1-2H3,(H,23,24)/t15-/m1/s1. The van der Waals surface area contributed by atoms with Crippen molar-refractivity contribution in [2.75, 3.05) is 6.61 Å². The van der Waals surface area contributed by atoms with Gasteiger partial charge in [0.15, 0.2) is 6.10 Å². The Hall–Kier alpha value is -2.89. The minimum atomic E-state index is -0.715. The molecule has 0 unspecified atom stereocenters. The number of benzene rings is 2. The zero-order chi connectivity index (χ0) is 19.6. The van der Waals surface area contributed by atoms with Crippen molar-refractivity contribution in [3.05, 3.63) is 65.5 Å². The molecule has 2 aromatic carbocycles. The Kier molecular flexibility index (Phi) is 7.79. The van der Waals surface area contributed by atoms with Gasteiger partial charge in [0.1, 0.15) is 11.6 Å². The van der Waals surface area contributed by atoms with Crippen LogP contribution in [-0.4, -0.2) is 24.6 Å². The Bertz CT molecular complexity index is 744. The molecule has 0 aliphatic carbocycles. The summed E-state index contributed by atoms with van der Waals surface area (Å²) < 4.78 is 23.6. The monoisotopic (exact) mass is 373 g/mol. The van der Waals surface area contributed by atoms with Crippen LogP contribution in [0.15, 0.2) is 48.5 Å². The first-order chi connectivity index (χ1) is 13.0. The average Bonchev–Trinajstić information content (AvgIpc) is 2.68. The summed E-state index contributed by atoms with van der Waals surface area (Å²) in [4.78, 5) is 24.0. The molecule has 0 spiro atoms. The number of hydrogen-bond donors (Lipinski definition) is 1. The van der Waals surface area contributed by atoms with E-state index < -0.39 is 6.10 Å². The topological polar surface area (TPSA) is 64.6 Å². The van der Waals surface area contributed by atoms with Gasteiger partial charge in [-0.3, -0.25) is 4.79 Å². The largest absolute Gasteiger partial charge is 0.481 e. The molecule has 0 aliphatic heterocycles. The number of ether oxygens (including phenoxy) is 2. The van der Waals surface area contributed by atoms with Crippen LogP contribution in [-0.2, 0) is 16.1 Å². The zero-order valence-electron chi connectivity index (χ0n) is 15.5. The lowest BCUT2D eigenvalue weighted by Crippen LogP contribution is -2.35. The molecule has 144 valence electrons. The highest BCUT2D eigenvalue weighted by Gasteiger charge is 2.15. The van der Waals surface area contributed by atoms with Crippen LogP contribution < -0.4 is 10.1 Å². The van der Waals surface area contributed by atoms with Gasteiger partial charge in [0.25, 0.3) is 5.91 Å². The number of hydrogen-bond acceptors (Lipinski definition) is 4. The van der Waals surface area contributed by atoms with E-state index in [9.17, 15) is 14.0 Å². The predicted octanol–water partition coefficient (Wildman–Crippen LogP) is 3.87. The molecule has 0 heterocycles. The molecule has 0 aliphatic rings. The molecule has 5 nitrogen and oxygen atoms in total. The van der Waals surface area contributed by atoms with Gasteiger partial charge in [-0.25, -0.2) is 9.18 Å². The molecule has 0 fully saturated rings. The number of carbonyl (C=O) groups excluding carboxylic acids is 2. The SMILES string of the molecule is CCCCOC(=O)c1ccc(O[C@H](C)C(=O)NCc2ccc(F)cc2)cc1. The van der Waals surface area contributed by atoms with E-state index in [2.05, 4.69) is 5.32 Å². The molecular weight excluding hydrogens is 349 g/mol. The molecule has 1 N–H and O–H groups in total. The molecule has 0 bridgehead atoms. The van der Waals surface area contributed by atoms with Gasteiger partial charge >= 0.3 is 5.97 Å². The summed E-state index contributed by atoms with van der Waals surface area (Å²) in [5.41, 5.74) is 1.23. The van der Waals surface area contributed by atoms with Crippen molar-refractivity contribution in [1.29, 1.82) is 0 Å². The van der Waals surface area contributed by atoms with Crippen molar-refractivity contribution in [2.45, 2.75) is 39.3 Å². The molecule has 1 amide bonds. The van der Waals surface area contributed by atoms with Crippen molar-refractivity contribution < 1.29 is 23.5 Å². The lowest BCUT2D eigenvalue weighted by molar-refractivity contribution is -0.127. The highest BCUT2D eigenvalue weighted by Crippen LogP contribution is 2.15. The van der Waals surface area contributed by atoms with Crippen molar-refractivity contribution in [3.8, 4) is 5.75 Å². The zero-order valence-corrected chi connectivity index (χ0v) is 15.5. The van der Waals surface area contributed by atoms with Crippen LogP contribution in [0, 0.1) is 5.82 Å². The summed E-state index contributed by atoms with van der Waals surface area (Å²) in [6.45, 7) is 4.35. The van der Waals surface area contributed by atoms with Crippen LogP contribution in [0.5, 0.6) is 5.75 Å². The minimum Gasteiger partial charge on any atom is -0.481 e. The highest BCUT2D eigenvalue weighted by molar-refractivity contribution is 5.89. The lowest BCUT2D eigenvalue weighted by Gasteiger charge is -2.15. The van der Waals surface area contributed by atoms with Gasteiger partial charge in [0, 0.05) is 6.54 Å². The third kappa shape index (κ3) is 6.73. The number of nitrogens with one attached hydrogen (secondary N) is 1. The van der Waals surface area contributed by atoms with E-state index in [4.69, 9.17) is 9.47 Å². The fourth-order valence-electron chi connectivity index (χ4n) is 2.25. The second-order valence-corrected chi connectivity index (χ2v) is 6.12. The fourth-order valence-corrected chi connectivity index (χ4v) is 2.25. The Labute approximate surface area is 158 Å². The van der Waals surface area contributed by atoms with Crippen LogP contribution in [0.1, 0.15) is 42.6 Å². The molecule has 0 aromatic heterocycles. The third-order valence-electron chi connectivity index (χ3n) is 3.88. The smallest absolute Gasteiger partial charge is 0.338 e. The highest BCUT2D eigenvalue weighted by atomic mass is 19.1. The Balaban J connectivity index is 1.81. The normalized spacial score (nSPS) is 11.5. The quantitative estimate of drug-likeness (QED) is 0.535. The van der Waals surface area contributed by atoms with Crippen LogP contribution >= 0.6 is 0 Å². The summed E-state index contributed by atoms with van der Waals surface area (Å²) in [7, 11) is 0. The van der Waals surface area contributed by atoms with E-state index in [-0.39, 0.29) is 24.2 Å². The lowest BCUT2D eigenvalue weighted by atomic mass is 10.2. The maximum Gasteiger partial charge on any atom is 0.338 e. The fraction of sp³-hybridized carbons (Fsp3) is 0.333. The predicted molar refractivity (Wildman–Crippen MR) is 100.0 cm³/mol. The maximum atomic E-state index is 12.9. The number of halogens is 1. The Morgan fingerprint density at radius 1 is 1.07 bits per heavy atom. The van der Waals surface area contributed by atoms with Crippen molar-refractivity contribution in [2.24, 2.45) is 0 Å². The molecule has 0 saturated carbocycles. The van der Waals surface area contributed by atoms with Crippen LogP contribution in [0.25, 0.3) is 0 Å². The van der Waals surface area contributed by atoms with E-state index in [0.717, 1.165) is 18.4 Å². The molecule has 6 heteroatoms. The molecule has 2 rings (SSSR count). The van der Waals surface area contributed by atoms with E-state index in [1.54, 1.807) is 43.3 Å². The molecular formula is C21H24FNO4. The first-order valence-electron chi connectivity index (χ1n) is 8.95. The molecule has 27 heavy (non-hydrogen) atoms. The van der Waals surface area contributed by atoms with E-state index >= 15 is 0 Å². The van der Waals surface area contributed by atoms with Crippen molar-refractivity contribution in [1.82, 2.24) is 5.32 Å². The number of esters is 1. The first kappa shape index (κ1) is 20.4. The maximum absolute atomic E-state index is 12.9. The van der Waals surface area contributed by atoms with Gasteiger partial charge in [-0.05, 0) is 55.3 Å². The molecule has 0 saturated heterocycles. The molecule has 2 aromatic rings. The Morgan fingerprint density at radius 2 is 1.74 bits per heavy atom. The van der Waals surface area contributed by atoms with Crippen molar-refractivity contribution in [3.63, 3.8) is 0 Å². The summed E-state index contributed by atoms with van der Waals surface area (Å²) in [5, 5.41) is 2.74. The summed E-state index contributed by atoms with van der Waals surface area (Å²) >= 11 is 0. The third-order valence-corrected chi connectivity index (χ3v) is 3.88. The summed E-state index contributed by atoms with van der Waals surface area (Å²) in [6.07, 6.45) is 1.08. The second kappa shape index (κ2) is 10.3. The number of unbranched alkanes of at least 4 members (excludes halogenated alkanes) is 1. The van der Waals surface area contributed by atoms with Gasteiger partial charge in [0.2, 0.25) is 0 Å². The average molecular weight is 373 g/mol. The minimum absolute atomic E-state index is 0.287. The van der Waals surface area contributed by atoms with E-state index in [1.807, 2.05) is 6.92 Å². The number of carbonyl (C=O) groups is 2. The van der Waals surface area contributed by atoms with Gasteiger partial charge in [-0.15, -0.1) is 0 Å². The van der Waals surface area contributed by atoms with Gasteiger partial charge in [-0.1, -0.05) is 25.5 Å². The number of rotatable bonds is 9. The van der Waals surface area contributed by atoms with Crippen LogP contribution in [0.4, 0.5) is 4.39 Å². The molecule has 0 radical (unpaired) electrons. The van der Waals surface area contributed by atoms with Crippen molar-refractivity contribution >= 4 is 11.9 Å².